The van der Waals surface area contributed by atoms with Crippen molar-refractivity contribution in [3.8, 4) is 0 Å². The molecule has 0 aromatic heterocycles. The van der Waals surface area contributed by atoms with Gasteiger partial charge in [0.1, 0.15) is 0 Å². The quantitative estimate of drug-likeness (QED) is 0.839. The summed E-state index contributed by atoms with van der Waals surface area (Å²) in [6, 6.07) is 6.27. The van der Waals surface area contributed by atoms with Crippen molar-refractivity contribution in [2.24, 2.45) is 0 Å². The number of hydrogen-bond donors (Lipinski definition) is 1. The third-order valence-corrected chi connectivity index (χ3v) is 3.85. The molecule has 1 aromatic rings. The molecule has 1 aromatic carbocycles. The molecule has 0 radical (unpaired) electrons. The van der Waals surface area contributed by atoms with E-state index in [2.05, 4.69) is 55.4 Å². The third kappa shape index (κ3) is 1.97. The first-order chi connectivity index (χ1) is 6.29. The van der Waals surface area contributed by atoms with Crippen LogP contribution in [-0.4, -0.2) is 13.1 Å². The smallest absolute Gasteiger partial charge is 0.0221 e. The number of nitrogens with one attached hydrogen (secondary N) is 1. The van der Waals surface area contributed by atoms with Gasteiger partial charge in [0, 0.05) is 15.5 Å². The fourth-order valence-corrected chi connectivity index (χ4v) is 3.45. The fourth-order valence-electron chi connectivity index (χ4n) is 1.80. The molecule has 13 heavy (non-hydrogen) atoms. The summed E-state index contributed by atoms with van der Waals surface area (Å²) in [6.07, 6.45) is 1.24. The van der Waals surface area contributed by atoms with Gasteiger partial charge in [-0.1, -0.05) is 37.9 Å². The largest absolute Gasteiger partial charge is 0.316 e. The van der Waals surface area contributed by atoms with Crippen molar-refractivity contribution < 1.29 is 0 Å². The Bertz CT molecular complexity index is 286. The second kappa shape index (κ2) is 4.11. The van der Waals surface area contributed by atoms with E-state index in [1.807, 2.05) is 0 Å². The van der Waals surface area contributed by atoms with Gasteiger partial charge < -0.3 is 5.32 Å². The monoisotopic (exact) mass is 303 g/mol. The predicted octanol–water partition coefficient (Wildman–Crippen LogP) is 3.29. The highest BCUT2D eigenvalue weighted by molar-refractivity contribution is 9.11. The van der Waals surface area contributed by atoms with Crippen molar-refractivity contribution in [3.63, 3.8) is 0 Å². The van der Waals surface area contributed by atoms with Gasteiger partial charge in [-0.3, -0.25) is 0 Å². The lowest BCUT2D eigenvalue weighted by Crippen LogP contribution is -2.08. The van der Waals surface area contributed by atoms with Crippen molar-refractivity contribution >= 4 is 31.9 Å². The maximum Gasteiger partial charge on any atom is 0.0221 e. The van der Waals surface area contributed by atoms with E-state index in [1.165, 1.54) is 20.9 Å². The summed E-state index contributed by atoms with van der Waals surface area (Å²) in [6.45, 7) is 2.24. The molecule has 0 saturated carbocycles. The molecule has 0 aliphatic carbocycles. The second-order valence-electron chi connectivity index (χ2n) is 3.33. The number of rotatable bonds is 1. The molecule has 0 bridgehead atoms. The van der Waals surface area contributed by atoms with Gasteiger partial charge in [-0.05, 0) is 36.6 Å². The first kappa shape index (κ1) is 9.69. The summed E-state index contributed by atoms with van der Waals surface area (Å²) in [5.41, 5.74) is 1.41. The molecule has 1 fully saturated rings. The SMILES string of the molecule is Brc1cccc(Br)c1C1CCNC1. The Balaban J connectivity index is 2.37. The van der Waals surface area contributed by atoms with Gasteiger partial charge in [0.15, 0.2) is 0 Å². The zero-order valence-electron chi connectivity index (χ0n) is 7.19. The highest BCUT2D eigenvalue weighted by atomic mass is 79.9. The molecule has 1 heterocycles. The topological polar surface area (TPSA) is 12.0 Å². The zero-order valence-corrected chi connectivity index (χ0v) is 10.4. The van der Waals surface area contributed by atoms with Crippen LogP contribution in [0.15, 0.2) is 27.1 Å². The van der Waals surface area contributed by atoms with Gasteiger partial charge in [-0.15, -0.1) is 0 Å². The Kier molecular flexibility index (Phi) is 3.06. The minimum atomic E-state index is 0.657. The van der Waals surface area contributed by atoms with Crippen molar-refractivity contribution in [1.82, 2.24) is 5.32 Å². The van der Waals surface area contributed by atoms with E-state index in [0.29, 0.717) is 5.92 Å². The van der Waals surface area contributed by atoms with Gasteiger partial charge >= 0.3 is 0 Å². The molecule has 1 aliphatic heterocycles. The average Bonchev–Trinajstić information content (AvgIpc) is 2.57. The fraction of sp³-hybridized carbons (Fsp3) is 0.400. The zero-order chi connectivity index (χ0) is 9.26. The molecule has 1 nitrogen and oxygen atoms in total. The van der Waals surface area contributed by atoms with E-state index in [0.717, 1.165) is 13.1 Å². The Morgan fingerprint density at radius 3 is 2.46 bits per heavy atom. The highest BCUT2D eigenvalue weighted by Crippen LogP contribution is 2.34. The molecule has 1 atom stereocenters. The van der Waals surface area contributed by atoms with Crippen LogP contribution >= 0.6 is 31.9 Å². The van der Waals surface area contributed by atoms with Gasteiger partial charge in [0.25, 0.3) is 0 Å². The molecule has 2 rings (SSSR count). The van der Waals surface area contributed by atoms with Gasteiger partial charge in [0.05, 0.1) is 0 Å². The number of hydrogen-bond acceptors (Lipinski definition) is 1. The normalized spacial score (nSPS) is 22.2. The first-order valence-electron chi connectivity index (χ1n) is 4.43. The summed E-state index contributed by atoms with van der Waals surface area (Å²) >= 11 is 7.20. The van der Waals surface area contributed by atoms with Crippen LogP contribution in [0.2, 0.25) is 0 Å². The second-order valence-corrected chi connectivity index (χ2v) is 5.03. The Morgan fingerprint density at radius 1 is 1.23 bits per heavy atom. The Hall–Kier alpha value is 0.140. The Labute approximate surface area is 95.2 Å². The number of benzene rings is 1. The van der Waals surface area contributed by atoms with Crippen LogP contribution in [0.5, 0.6) is 0 Å². The van der Waals surface area contributed by atoms with Gasteiger partial charge in [0.2, 0.25) is 0 Å². The summed E-state index contributed by atoms with van der Waals surface area (Å²) < 4.78 is 2.44. The van der Waals surface area contributed by atoms with E-state index in [4.69, 9.17) is 0 Å². The number of halogens is 2. The van der Waals surface area contributed by atoms with E-state index in [9.17, 15) is 0 Å². The van der Waals surface area contributed by atoms with Crippen LogP contribution in [0.3, 0.4) is 0 Å². The Morgan fingerprint density at radius 2 is 1.92 bits per heavy atom. The summed E-state index contributed by atoms with van der Waals surface area (Å²) in [5, 5.41) is 3.38. The lowest BCUT2D eigenvalue weighted by atomic mass is 9.99. The van der Waals surface area contributed by atoms with E-state index < -0.39 is 0 Å². The lowest BCUT2D eigenvalue weighted by Gasteiger charge is -2.13. The first-order valence-corrected chi connectivity index (χ1v) is 6.02. The van der Waals surface area contributed by atoms with Crippen LogP contribution in [-0.2, 0) is 0 Å². The maximum absolute atomic E-state index is 3.60. The molecule has 0 spiro atoms. The van der Waals surface area contributed by atoms with E-state index in [-0.39, 0.29) is 0 Å². The van der Waals surface area contributed by atoms with E-state index >= 15 is 0 Å². The minimum Gasteiger partial charge on any atom is -0.316 e. The average molecular weight is 305 g/mol. The summed E-state index contributed by atoms with van der Waals surface area (Å²) in [5.74, 6) is 0.657. The van der Waals surface area contributed by atoms with Crippen molar-refractivity contribution in [2.45, 2.75) is 12.3 Å². The molecular formula is C10H11Br2N. The van der Waals surface area contributed by atoms with Gasteiger partial charge in [-0.25, -0.2) is 0 Å². The molecule has 1 unspecified atom stereocenters. The molecule has 0 amide bonds. The van der Waals surface area contributed by atoms with Crippen LogP contribution in [0.25, 0.3) is 0 Å². The van der Waals surface area contributed by atoms with E-state index in [1.54, 1.807) is 0 Å². The standard InChI is InChI=1S/C10H11Br2N/c11-8-2-1-3-9(12)10(8)7-4-5-13-6-7/h1-3,7,13H,4-6H2. The van der Waals surface area contributed by atoms with Crippen molar-refractivity contribution in [3.05, 3.63) is 32.7 Å². The predicted molar refractivity (Wildman–Crippen MR) is 62.1 cm³/mol. The van der Waals surface area contributed by atoms with Crippen LogP contribution in [0.1, 0.15) is 17.9 Å². The third-order valence-electron chi connectivity index (χ3n) is 2.47. The molecule has 1 aliphatic rings. The maximum atomic E-state index is 3.60. The molecule has 1 N–H and O–H groups in total. The molecular weight excluding hydrogens is 294 g/mol. The van der Waals surface area contributed by atoms with Gasteiger partial charge in [-0.2, -0.15) is 0 Å². The van der Waals surface area contributed by atoms with Crippen LogP contribution in [0, 0.1) is 0 Å². The highest BCUT2D eigenvalue weighted by Gasteiger charge is 2.20. The van der Waals surface area contributed by atoms with Crippen LogP contribution in [0.4, 0.5) is 0 Å². The minimum absolute atomic E-state index is 0.657. The summed E-state index contributed by atoms with van der Waals surface area (Å²) in [4.78, 5) is 0. The van der Waals surface area contributed by atoms with Crippen LogP contribution < -0.4 is 5.32 Å². The molecule has 70 valence electrons. The van der Waals surface area contributed by atoms with Crippen molar-refractivity contribution in [2.75, 3.05) is 13.1 Å². The lowest BCUT2D eigenvalue weighted by molar-refractivity contribution is 0.755. The molecule has 1 saturated heterocycles. The van der Waals surface area contributed by atoms with Crippen molar-refractivity contribution in [1.29, 1.82) is 0 Å². The molecule has 3 heteroatoms. The summed E-state index contributed by atoms with van der Waals surface area (Å²) in [7, 11) is 0.